The predicted molar refractivity (Wildman–Crippen MR) is 85.7 cm³/mol. The molecule has 0 aliphatic carbocycles. The first-order chi connectivity index (χ1) is 10.3. The summed E-state index contributed by atoms with van der Waals surface area (Å²) in [6, 6.07) is 15.0. The Labute approximate surface area is 126 Å². The Morgan fingerprint density at radius 3 is 2.81 bits per heavy atom. The summed E-state index contributed by atoms with van der Waals surface area (Å²) in [6.07, 6.45) is 3.57. The normalized spacial score (nSPS) is 10.5. The SMILES string of the molecule is CSc1ncccc1C(=O)Nc1ccc2ccccc2n1. The van der Waals surface area contributed by atoms with Crippen molar-refractivity contribution in [2.75, 3.05) is 11.6 Å². The average Bonchev–Trinajstić information content (AvgIpc) is 2.54. The zero-order chi connectivity index (χ0) is 14.7. The number of hydrogen-bond acceptors (Lipinski definition) is 4. The van der Waals surface area contributed by atoms with E-state index in [9.17, 15) is 4.79 Å². The van der Waals surface area contributed by atoms with Crippen molar-refractivity contribution in [3.8, 4) is 0 Å². The highest BCUT2D eigenvalue weighted by atomic mass is 32.2. The van der Waals surface area contributed by atoms with E-state index in [1.54, 1.807) is 24.4 Å². The van der Waals surface area contributed by atoms with Gasteiger partial charge in [-0.15, -0.1) is 11.8 Å². The summed E-state index contributed by atoms with van der Waals surface area (Å²) in [5.74, 6) is 0.338. The summed E-state index contributed by atoms with van der Waals surface area (Å²) < 4.78 is 0. The van der Waals surface area contributed by atoms with E-state index in [1.807, 2.05) is 36.6 Å². The zero-order valence-corrected chi connectivity index (χ0v) is 12.2. The fourth-order valence-electron chi connectivity index (χ4n) is 2.05. The number of benzene rings is 1. The molecule has 1 aromatic carbocycles. The highest BCUT2D eigenvalue weighted by molar-refractivity contribution is 7.98. The smallest absolute Gasteiger partial charge is 0.259 e. The molecule has 3 rings (SSSR count). The Morgan fingerprint density at radius 1 is 1.10 bits per heavy atom. The molecule has 5 heteroatoms. The molecular formula is C16H13N3OS. The molecular weight excluding hydrogens is 282 g/mol. The number of nitrogens with one attached hydrogen (secondary N) is 1. The number of amides is 1. The van der Waals surface area contributed by atoms with Crippen LogP contribution in [0.2, 0.25) is 0 Å². The molecule has 104 valence electrons. The molecule has 0 aliphatic rings. The Morgan fingerprint density at radius 2 is 1.95 bits per heavy atom. The van der Waals surface area contributed by atoms with E-state index >= 15 is 0 Å². The first-order valence-electron chi connectivity index (χ1n) is 6.44. The van der Waals surface area contributed by atoms with Gasteiger partial charge in [-0.2, -0.15) is 0 Å². The van der Waals surface area contributed by atoms with Gasteiger partial charge in [-0.1, -0.05) is 18.2 Å². The number of para-hydroxylation sites is 1. The maximum absolute atomic E-state index is 12.3. The summed E-state index contributed by atoms with van der Waals surface area (Å²) in [5.41, 5.74) is 1.41. The summed E-state index contributed by atoms with van der Waals surface area (Å²) in [4.78, 5) is 21.0. The number of carbonyl (C=O) groups excluding carboxylic acids is 1. The zero-order valence-electron chi connectivity index (χ0n) is 11.4. The lowest BCUT2D eigenvalue weighted by molar-refractivity contribution is 0.102. The van der Waals surface area contributed by atoms with Crippen LogP contribution >= 0.6 is 11.8 Å². The lowest BCUT2D eigenvalue weighted by atomic mass is 10.2. The molecule has 2 heterocycles. The van der Waals surface area contributed by atoms with Crippen LogP contribution in [0.4, 0.5) is 5.82 Å². The van der Waals surface area contributed by atoms with Crippen LogP contribution < -0.4 is 5.32 Å². The topological polar surface area (TPSA) is 54.9 Å². The summed E-state index contributed by atoms with van der Waals surface area (Å²) >= 11 is 1.44. The van der Waals surface area contributed by atoms with Gasteiger partial charge in [0.25, 0.3) is 5.91 Å². The number of fused-ring (bicyclic) bond motifs is 1. The van der Waals surface area contributed by atoms with Gasteiger partial charge >= 0.3 is 0 Å². The lowest BCUT2D eigenvalue weighted by Crippen LogP contribution is -2.14. The second-order valence-electron chi connectivity index (χ2n) is 4.40. The quantitative estimate of drug-likeness (QED) is 0.750. The van der Waals surface area contributed by atoms with Gasteiger partial charge in [0.05, 0.1) is 11.1 Å². The minimum Gasteiger partial charge on any atom is -0.306 e. The molecule has 0 radical (unpaired) electrons. The molecule has 0 saturated heterocycles. The Kier molecular flexibility index (Phi) is 3.83. The maximum atomic E-state index is 12.3. The van der Waals surface area contributed by atoms with Crippen molar-refractivity contribution >= 4 is 34.4 Å². The fraction of sp³-hybridized carbons (Fsp3) is 0.0625. The van der Waals surface area contributed by atoms with Gasteiger partial charge in [0, 0.05) is 11.6 Å². The van der Waals surface area contributed by atoms with E-state index in [1.165, 1.54) is 11.8 Å². The number of nitrogens with zero attached hydrogens (tertiary/aromatic N) is 2. The number of aromatic nitrogens is 2. The average molecular weight is 295 g/mol. The van der Waals surface area contributed by atoms with Crippen LogP contribution in [0.25, 0.3) is 10.9 Å². The van der Waals surface area contributed by atoms with Crippen LogP contribution in [0, 0.1) is 0 Å². The van der Waals surface area contributed by atoms with Crippen molar-refractivity contribution in [2.45, 2.75) is 5.03 Å². The number of rotatable bonds is 3. The van der Waals surface area contributed by atoms with Crippen molar-refractivity contribution in [1.29, 1.82) is 0 Å². The summed E-state index contributed by atoms with van der Waals surface area (Å²) in [6.45, 7) is 0. The number of hydrogen-bond donors (Lipinski definition) is 1. The molecule has 4 nitrogen and oxygen atoms in total. The van der Waals surface area contributed by atoms with Crippen molar-refractivity contribution in [1.82, 2.24) is 9.97 Å². The Hall–Kier alpha value is -2.40. The van der Waals surface area contributed by atoms with E-state index in [0.29, 0.717) is 16.4 Å². The van der Waals surface area contributed by atoms with Gasteiger partial charge in [0.15, 0.2) is 0 Å². The first-order valence-corrected chi connectivity index (χ1v) is 7.66. The molecule has 21 heavy (non-hydrogen) atoms. The van der Waals surface area contributed by atoms with E-state index in [0.717, 1.165) is 10.9 Å². The maximum Gasteiger partial charge on any atom is 0.259 e. The number of pyridine rings is 2. The molecule has 0 fully saturated rings. The minimum absolute atomic E-state index is 0.199. The predicted octanol–water partition coefficient (Wildman–Crippen LogP) is 3.60. The fourth-order valence-corrected chi connectivity index (χ4v) is 2.59. The highest BCUT2D eigenvalue weighted by Gasteiger charge is 2.12. The molecule has 0 bridgehead atoms. The molecule has 0 aliphatic heterocycles. The first kappa shape index (κ1) is 13.6. The van der Waals surface area contributed by atoms with Crippen LogP contribution in [-0.4, -0.2) is 22.1 Å². The molecule has 1 N–H and O–H groups in total. The van der Waals surface area contributed by atoms with Crippen molar-refractivity contribution in [3.05, 3.63) is 60.3 Å². The Bertz CT molecular complexity index is 804. The van der Waals surface area contributed by atoms with Crippen LogP contribution in [-0.2, 0) is 0 Å². The lowest BCUT2D eigenvalue weighted by Gasteiger charge is -2.07. The second-order valence-corrected chi connectivity index (χ2v) is 5.20. The molecule has 1 amide bonds. The van der Waals surface area contributed by atoms with Gasteiger partial charge in [-0.25, -0.2) is 9.97 Å². The third-order valence-electron chi connectivity index (χ3n) is 3.05. The highest BCUT2D eigenvalue weighted by Crippen LogP contribution is 2.19. The largest absolute Gasteiger partial charge is 0.306 e. The number of carbonyl (C=O) groups is 1. The monoisotopic (exact) mass is 295 g/mol. The van der Waals surface area contributed by atoms with Crippen LogP contribution in [0.15, 0.2) is 59.8 Å². The number of anilines is 1. The van der Waals surface area contributed by atoms with Gasteiger partial charge in [-0.3, -0.25) is 4.79 Å². The standard InChI is InChI=1S/C16H13N3OS/c1-21-16-12(6-4-10-17-16)15(20)19-14-9-8-11-5-2-3-7-13(11)18-14/h2-10H,1H3,(H,18,19,20). The van der Waals surface area contributed by atoms with Crippen LogP contribution in [0.5, 0.6) is 0 Å². The molecule has 0 spiro atoms. The third kappa shape index (κ3) is 2.87. The Balaban J connectivity index is 1.89. The second kappa shape index (κ2) is 5.93. The van der Waals surface area contributed by atoms with Gasteiger partial charge in [0.1, 0.15) is 10.8 Å². The van der Waals surface area contributed by atoms with Crippen molar-refractivity contribution in [2.24, 2.45) is 0 Å². The van der Waals surface area contributed by atoms with Gasteiger partial charge in [-0.05, 0) is 36.6 Å². The molecule has 3 aromatic rings. The summed E-state index contributed by atoms with van der Waals surface area (Å²) in [7, 11) is 0. The molecule has 0 atom stereocenters. The van der Waals surface area contributed by atoms with Crippen LogP contribution in [0.1, 0.15) is 10.4 Å². The van der Waals surface area contributed by atoms with E-state index in [4.69, 9.17) is 0 Å². The summed E-state index contributed by atoms with van der Waals surface area (Å²) in [5, 5.41) is 4.57. The van der Waals surface area contributed by atoms with E-state index in [2.05, 4.69) is 15.3 Å². The van der Waals surface area contributed by atoms with Crippen molar-refractivity contribution < 1.29 is 4.79 Å². The molecule has 0 unspecified atom stereocenters. The molecule has 0 saturated carbocycles. The van der Waals surface area contributed by atoms with Gasteiger partial charge in [0.2, 0.25) is 0 Å². The minimum atomic E-state index is -0.199. The van der Waals surface area contributed by atoms with Crippen LogP contribution in [0.3, 0.4) is 0 Å². The van der Waals surface area contributed by atoms with Crippen molar-refractivity contribution in [3.63, 3.8) is 0 Å². The van der Waals surface area contributed by atoms with Gasteiger partial charge < -0.3 is 5.32 Å². The molecule has 2 aromatic heterocycles. The number of thioether (sulfide) groups is 1. The van der Waals surface area contributed by atoms with E-state index in [-0.39, 0.29) is 5.91 Å². The third-order valence-corrected chi connectivity index (χ3v) is 3.76. The van der Waals surface area contributed by atoms with E-state index < -0.39 is 0 Å².